The summed E-state index contributed by atoms with van der Waals surface area (Å²) in [7, 11) is -2.13. The highest BCUT2D eigenvalue weighted by Gasteiger charge is 2.11. The minimum Gasteiger partial charge on any atom is -0.403 e. The molecule has 5 nitrogen and oxygen atoms in total. The third-order valence-electron chi connectivity index (χ3n) is 1.31. The molecule has 0 saturated heterocycles. The van der Waals surface area contributed by atoms with Crippen molar-refractivity contribution in [2.45, 2.75) is 13.3 Å². The van der Waals surface area contributed by atoms with Crippen LogP contribution >= 0.6 is 0 Å². The Morgan fingerprint density at radius 2 is 2.23 bits per heavy atom. The lowest BCUT2D eigenvalue weighted by molar-refractivity contribution is 0.596. The molecule has 13 heavy (non-hydrogen) atoms. The van der Waals surface area contributed by atoms with Crippen molar-refractivity contribution in [3.8, 4) is 0 Å². The number of rotatable bonds is 5. The molecule has 76 valence electrons. The van der Waals surface area contributed by atoms with E-state index >= 15 is 0 Å². The van der Waals surface area contributed by atoms with Gasteiger partial charge in [0, 0.05) is 19.0 Å². The molecule has 6 heteroatoms. The van der Waals surface area contributed by atoms with Gasteiger partial charge in [-0.25, -0.2) is 13.1 Å². The SMILES string of the molecule is CCCN=CC(=CN)S(=O)(=O)NC. The van der Waals surface area contributed by atoms with Crippen molar-refractivity contribution in [2.24, 2.45) is 10.7 Å². The first-order valence-electron chi connectivity index (χ1n) is 3.93. The van der Waals surface area contributed by atoms with Crippen LogP contribution in [0.1, 0.15) is 13.3 Å². The molecule has 0 fully saturated rings. The average molecular weight is 205 g/mol. The topological polar surface area (TPSA) is 84.5 Å². The Morgan fingerprint density at radius 1 is 1.62 bits per heavy atom. The van der Waals surface area contributed by atoms with Gasteiger partial charge in [0.1, 0.15) is 4.91 Å². The molecule has 0 aliphatic carbocycles. The lowest BCUT2D eigenvalue weighted by Gasteiger charge is -2.00. The molecule has 3 N–H and O–H groups in total. The molecule has 0 aliphatic rings. The summed E-state index contributed by atoms with van der Waals surface area (Å²) in [6.07, 6.45) is 3.15. The molecule has 0 spiro atoms. The van der Waals surface area contributed by atoms with Gasteiger partial charge >= 0.3 is 0 Å². The predicted octanol–water partition coefficient (Wildman–Crippen LogP) is -0.183. The minimum absolute atomic E-state index is 0.0107. The van der Waals surface area contributed by atoms with Crippen LogP contribution in [0, 0.1) is 0 Å². The van der Waals surface area contributed by atoms with Crippen LogP contribution in [-0.2, 0) is 10.0 Å². The fourth-order valence-electron chi connectivity index (χ4n) is 0.603. The van der Waals surface area contributed by atoms with Gasteiger partial charge in [0.15, 0.2) is 0 Å². The Bertz CT molecular complexity index is 293. The number of aliphatic imine (C=N–C) groups is 1. The maximum Gasteiger partial charge on any atom is 0.243 e. The van der Waals surface area contributed by atoms with Crippen LogP contribution in [0.25, 0.3) is 0 Å². The molecular formula is C7H15N3O2S. The first-order valence-corrected chi connectivity index (χ1v) is 5.42. The van der Waals surface area contributed by atoms with Gasteiger partial charge in [-0.3, -0.25) is 4.99 Å². The van der Waals surface area contributed by atoms with Crippen molar-refractivity contribution in [2.75, 3.05) is 13.6 Å². The summed E-state index contributed by atoms with van der Waals surface area (Å²) in [5.41, 5.74) is 5.14. The number of nitrogens with two attached hydrogens (primary N) is 1. The number of nitrogens with zero attached hydrogens (tertiary/aromatic N) is 1. The summed E-state index contributed by atoms with van der Waals surface area (Å²) in [6.45, 7) is 2.55. The Hall–Kier alpha value is -0.880. The van der Waals surface area contributed by atoms with E-state index < -0.39 is 10.0 Å². The van der Waals surface area contributed by atoms with Crippen LogP contribution in [0.5, 0.6) is 0 Å². The van der Waals surface area contributed by atoms with E-state index in [4.69, 9.17) is 5.73 Å². The van der Waals surface area contributed by atoms with E-state index in [1.54, 1.807) is 0 Å². The molecule has 0 amide bonds. The predicted molar refractivity (Wildman–Crippen MR) is 53.9 cm³/mol. The van der Waals surface area contributed by atoms with Crippen molar-refractivity contribution in [1.29, 1.82) is 0 Å². The Balaban J connectivity index is 4.57. The minimum atomic E-state index is -3.45. The first kappa shape index (κ1) is 12.1. The van der Waals surface area contributed by atoms with Crippen molar-refractivity contribution in [3.05, 3.63) is 11.1 Å². The van der Waals surface area contributed by atoms with Crippen LogP contribution in [0.4, 0.5) is 0 Å². The van der Waals surface area contributed by atoms with E-state index in [1.807, 2.05) is 6.92 Å². The largest absolute Gasteiger partial charge is 0.403 e. The molecule has 0 radical (unpaired) electrons. The quantitative estimate of drug-likeness (QED) is 0.610. The fraction of sp³-hybridized carbons (Fsp3) is 0.571. The maximum atomic E-state index is 11.2. The summed E-state index contributed by atoms with van der Waals surface area (Å²) >= 11 is 0. The normalized spacial score (nSPS) is 13.8. The zero-order valence-electron chi connectivity index (χ0n) is 7.82. The van der Waals surface area contributed by atoms with Gasteiger partial charge in [-0.2, -0.15) is 0 Å². The van der Waals surface area contributed by atoms with Gasteiger partial charge in [0.25, 0.3) is 0 Å². The maximum absolute atomic E-state index is 11.2. The van der Waals surface area contributed by atoms with Crippen LogP contribution < -0.4 is 10.5 Å². The molecule has 0 aromatic rings. The molecule has 0 aromatic carbocycles. The highest BCUT2D eigenvalue weighted by atomic mass is 32.2. The molecule has 0 heterocycles. The molecule has 0 saturated carbocycles. The summed E-state index contributed by atoms with van der Waals surface area (Å²) in [5, 5.41) is 0. The van der Waals surface area contributed by atoms with Crippen molar-refractivity contribution >= 4 is 16.2 Å². The summed E-state index contributed by atoms with van der Waals surface area (Å²) < 4.78 is 24.5. The molecular weight excluding hydrogens is 190 g/mol. The fourth-order valence-corrected chi connectivity index (χ4v) is 1.23. The van der Waals surface area contributed by atoms with Gasteiger partial charge in [-0.1, -0.05) is 6.92 Å². The van der Waals surface area contributed by atoms with E-state index in [0.717, 1.165) is 12.6 Å². The van der Waals surface area contributed by atoms with Crippen LogP contribution in [0.2, 0.25) is 0 Å². The molecule has 0 aromatic heterocycles. The number of hydrogen-bond acceptors (Lipinski definition) is 4. The highest BCUT2D eigenvalue weighted by molar-refractivity contribution is 7.94. The van der Waals surface area contributed by atoms with Gasteiger partial charge in [-0.15, -0.1) is 0 Å². The van der Waals surface area contributed by atoms with E-state index in [-0.39, 0.29) is 4.91 Å². The highest BCUT2D eigenvalue weighted by Crippen LogP contribution is 1.98. The summed E-state index contributed by atoms with van der Waals surface area (Å²) in [5.74, 6) is 0. The second-order valence-electron chi connectivity index (χ2n) is 2.31. The molecule has 0 rings (SSSR count). The Kier molecular flexibility index (Phi) is 5.33. The van der Waals surface area contributed by atoms with Gasteiger partial charge in [0.2, 0.25) is 10.0 Å². The van der Waals surface area contributed by atoms with E-state index in [2.05, 4.69) is 9.71 Å². The average Bonchev–Trinajstić information content (AvgIpc) is 2.12. The zero-order valence-corrected chi connectivity index (χ0v) is 8.63. The molecule has 0 aliphatic heterocycles. The molecule has 0 bridgehead atoms. The van der Waals surface area contributed by atoms with E-state index in [9.17, 15) is 8.42 Å². The standard InChI is InChI=1S/C7H15N3O2S/c1-3-4-10-6-7(5-8)13(11,12)9-2/h5-6,9H,3-4,8H2,1-2H3. The molecule has 0 atom stereocenters. The second-order valence-corrected chi connectivity index (χ2v) is 4.20. The van der Waals surface area contributed by atoms with Gasteiger partial charge in [-0.05, 0) is 13.5 Å². The van der Waals surface area contributed by atoms with Crippen LogP contribution in [0.3, 0.4) is 0 Å². The monoisotopic (exact) mass is 205 g/mol. The first-order chi connectivity index (χ1) is 6.08. The summed E-state index contributed by atoms with van der Waals surface area (Å²) in [6, 6.07) is 0. The van der Waals surface area contributed by atoms with Crippen LogP contribution in [-0.4, -0.2) is 28.2 Å². The molecule has 0 unspecified atom stereocenters. The lowest BCUT2D eigenvalue weighted by Crippen LogP contribution is -2.22. The zero-order chi connectivity index (χ0) is 10.3. The van der Waals surface area contributed by atoms with Gasteiger partial charge in [0.05, 0.1) is 0 Å². The number of allylic oxidation sites excluding steroid dienone is 1. The van der Waals surface area contributed by atoms with E-state index in [1.165, 1.54) is 13.3 Å². The Morgan fingerprint density at radius 3 is 2.62 bits per heavy atom. The van der Waals surface area contributed by atoms with Crippen LogP contribution in [0.15, 0.2) is 16.1 Å². The smallest absolute Gasteiger partial charge is 0.243 e. The second kappa shape index (κ2) is 5.71. The lowest BCUT2D eigenvalue weighted by atomic mass is 10.5. The Labute approximate surface area is 78.8 Å². The van der Waals surface area contributed by atoms with Gasteiger partial charge < -0.3 is 5.73 Å². The van der Waals surface area contributed by atoms with Crippen molar-refractivity contribution < 1.29 is 8.42 Å². The third-order valence-corrected chi connectivity index (χ3v) is 2.71. The van der Waals surface area contributed by atoms with Crippen molar-refractivity contribution in [3.63, 3.8) is 0 Å². The third kappa shape index (κ3) is 4.05. The number of sulfonamides is 1. The number of hydrogen-bond donors (Lipinski definition) is 2. The number of nitrogens with one attached hydrogen (secondary N) is 1. The van der Waals surface area contributed by atoms with Crippen molar-refractivity contribution in [1.82, 2.24) is 4.72 Å². The van der Waals surface area contributed by atoms with E-state index in [0.29, 0.717) is 6.54 Å². The summed E-state index contributed by atoms with van der Waals surface area (Å²) in [4.78, 5) is 3.87.